The Labute approximate surface area is 409 Å². The van der Waals surface area contributed by atoms with Crippen molar-refractivity contribution in [1.29, 1.82) is 0 Å². The van der Waals surface area contributed by atoms with Crippen LogP contribution in [0.5, 0.6) is 0 Å². The van der Waals surface area contributed by atoms with Gasteiger partial charge >= 0.3 is 0 Å². The minimum Gasteiger partial charge on any atom is -0.455 e. The number of hydrogen-bond acceptors (Lipinski definition) is 1. The predicted octanol–water partition coefficient (Wildman–Crippen LogP) is 18.0. The summed E-state index contributed by atoms with van der Waals surface area (Å²) in [4.78, 5) is 0. The van der Waals surface area contributed by atoms with E-state index in [2.05, 4.69) is 273 Å². The standard InChI is InChI=1S/C69H48O/c1-5-18-48(19-6-1)50-36-34-47(35-37-50)46-63(53-40-38-51(39-41-53)49-20-7-2-8-21-49)54-44-42-52(43-45-54)57-27-15-30-60-61-31-16-29-59(68(61)70-67(57)60)58-28-17-33-65-66(58)62-26-13-14-32-64(62)69(65,55-22-9-3-10-23-55)56-24-11-4-12-25-56/h1-45,63H,46H2. The molecule has 1 unspecified atom stereocenters. The Morgan fingerprint density at radius 1 is 0.300 bits per heavy atom. The fraction of sp³-hybridized carbons (Fsp3) is 0.0435. The SMILES string of the molecule is c1ccc(-c2ccc(CC(c3ccc(-c4ccccc4)cc3)c3ccc(-c4cccc5c4oc4c(-c6cccc7c6-c6ccccc6C7(c6ccccc6)c6ccccc6)cccc45)cc3)cc2)cc1. The third-order valence-electron chi connectivity index (χ3n) is 14.8. The lowest BCUT2D eigenvalue weighted by molar-refractivity contribution is 0.671. The van der Waals surface area contributed by atoms with Gasteiger partial charge in [0.15, 0.2) is 0 Å². The Morgan fingerprint density at radius 2 is 0.714 bits per heavy atom. The second-order valence-corrected chi connectivity index (χ2v) is 18.7. The molecule has 0 amide bonds. The van der Waals surface area contributed by atoms with E-state index in [0.29, 0.717) is 0 Å². The van der Waals surface area contributed by atoms with Crippen LogP contribution in [0.2, 0.25) is 0 Å². The van der Waals surface area contributed by atoms with E-state index in [0.717, 1.165) is 45.0 Å². The van der Waals surface area contributed by atoms with Crippen molar-refractivity contribution in [2.24, 2.45) is 0 Å². The molecular formula is C69H48O. The molecule has 330 valence electrons. The highest BCUT2D eigenvalue weighted by atomic mass is 16.3. The molecule has 70 heavy (non-hydrogen) atoms. The predicted molar refractivity (Wildman–Crippen MR) is 291 cm³/mol. The molecule has 1 aromatic heterocycles. The molecule has 0 aliphatic heterocycles. The van der Waals surface area contributed by atoms with Crippen molar-refractivity contribution in [2.75, 3.05) is 0 Å². The minimum absolute atomic E-state index is 0.159. The van der Waals surface area contributed by atoms with Gasteiger partial charge in [0, 0.05) is 27.8 Å². The zero-order chi connectivity index (χ0) is 46.4. The zero-order valence-electron chi connectivity index (χ0n) is 38.7. The lowest BCUT2D eigenvalue weighted by atomic mass is 9.67. The summed E-state index contributed by atoms with van der Waals surface area (Å²) < 4.78 is 7.21. The first kappa shape index (κ1) is 41.4. The molecule has 0 radical (unpaired) electrons. The van der Waals surface area contributed by atoms with Gasteiger partial charge in [0.2, 0.25) is 0 Å². The van der Waals surface area contributed by atoms with E-state index in [-0.39, 0.29) is 5.92 Å². The highest BCUT2D eigenvalue weighted by Gasteiger charge is 2.46. The minimum atomic E-state index is -0.483. The summed E-state index contributed by atoms with van der Waals surface area (Å²) in [6.45, 7) is 0. The molecule has 13 rings (SSSR count). The fourth-order valence-corrected chi connectivity index (χ4v) is 11.5. The van der Waals surface area contributed by atoms with Crippen LogP contribution in [-0.2, 0) is 11.8 Å². The van der Waals surface area contributed by atoms with Gasteiger partial charge in [-0.1, -0.05) is 273 Å². The average Bonchev–Trinajstić information content (AvgIpc) is 3.98. The van der Waals surface area contributed by atoms with Crippen molar-refractivity contribution in [3.05, 3.63) is 312 Å². The first-order valence-corrected chi connectivity index (χ1v) is 24.4. The maximum absolute atomic E-state index is 7.21. The van der Waals surface area contributed by atoms with Crippen LogP contribution in [0.3, 0.4) is 0 Å². The first-order chi connectivity index (χ1) is 34.7. The van der Waals surface area contributed by atoms with E-state index in [1.54, 1.807) is 0 Å². The monoisotopic (exact) mass is 892 g/mol. The maximum atomic E-state index is 7.21. The summed E-state index contributed by atoms with van der Waals surface area (Å²) in [5, 5.41) is 2.23. The normalized spacial score (nSPS) is 13.0. The molecule has 12 aromatic rings. The van der Waals surface area contributed by atoms with E-state index in [1.165, 1.54) is 77.9 Å². The number of benzene rings is 11. The van der Waals surface area contributed by atoms with Crippen LogP contribution < -0.4 is 0 Å². The van der Waals surface area contributed by atoms with Crippen molar-refractivity contribution in [2.45, 2.75) is 17.8 Å². The van der Waals surface area contributed by atoms with Gasteiger partial charge < -0.3 is 4.42 Å². The number of fused-ring (bicyclic) bond motifs is 6. The molecule has 11 aromatic carbocycles. The van der Waals surface area contributed by atoms with Gasteiger partial charge in [-0.05, 0) is 89.9 Å². The summed E-state index contributed by atoms with van der Waals surface area (Å²) in [5.41, 5.74) is 22.2. The maximum Gasteiger partial charge on any atom is 0.143 e. The summed E-state index contributed by atoms with van der Waals surface area (Å²) in [6.07, 6.45) is 0.881. The molecular weight excluding hydrogens is 845 g/mol. The van der Waals surface area contributed by atoms with E-state index in [1.807, 2.05) is 0 Å². The molecule has 0 saturated heterocycles. The number of furan rings is 1. The molecule has 0 saturated carbocycles. The largest absolute Gasteiger partial charge is 0.455 e. The van der Waals surface area contributed by atoms with E-state index in [4.69, 9.17) is 4.42 Å². The Hall–Kier alpha value is -8.78. The second kappa shape index (κ2) is 17.4. The molecule has 1 heterocycles. The molecule has 0 N–H and O–H groups in total. The molecule has 1 nitrogen and oxygen atoms in total. The Bertz CT molecular complexity index is 3760. The molecule has 0 bridgehead atoms. The summed E-state index contributed by atoms with van der Waals surface area (Å²) in [6, 6.07) is 99.9. The second-order valence-electron chi connectivity index (χ2n) is 18.7. The van der Waals surface area contributed by atoms with Gasteiger partial charge in [0.25, 0.3) is 0 Å². The van der Waals surface area contributed by atoms with E-state index in [9.17, 15) is 0 Å². The van der Waals surface area contributed by atoms with Crippen LogP contribution in [0.1, 0.15) is 44.9 Å². The first-order valence-electron chi connectivity index (χ1n) is 24.4. The van der Waals surface area contributed by atoms with Gasteiger partial charge in [-0.3, -0.25) is 0 Å². The van der Waals surface area contributed by atoms with Crippen LogP contribution in [0.25, 0.3) is 77.6 Å². The number of hydrogen-bond donors (Lipinski definition) is 0. The summed E-state index contributed by atoms with van der Waals surface area (Å²) in [5.74, 6) is 0.159. The Morgan fingerprint density at radius 3 is 1.30 bits per heavy atom. The van der Waals surface area contributed by atoms with Crippen LogP contribution in [0, 0.1) is 0 Å². The number of para-hydroxylation sites is 2. The van der Waals surface area contributed by atoms with E-state index < -0.39 is 5.41 Å². The zero-order valence-corrected chi connectivity index (χ0v) is 38.7. The van der Waals surface area contributed by atoms with Crippen molar-refractivity contribution in [3.8, 4) is 55.6 Å². The van der Waals surface area contributed by atoms with Gasteiger partial charge in [0.1, 0.15) is 11.2 Å². The lowest BCUT2D eigenvalue weighted by Gasteiger charge is -2.34. The fourth-order valence-electron chi connectivity index (χ4n) is 11.5. The molecule has 0 fully saturated rings. The molecule has 0 spiro atoms. The Kier molecular flexibility index (Phi) is 10.3. The molecule has 1 aliphatic carbocycles. The van der Waals surface area contributed by atoms with Crippen LogP contribution >= 0.6 is 0 Å². The lowest BCUT2D eigenvalue weighted by Crippen LogP contribution is -2.28. The van der Waals surface area contributed by atoms with Crippen molar-refractivity contribution in [3.63, 3.8) is 0 Å². The van der Waals surface area contributed by atoms with Crippen LogP contribution in [-0.4, -0.2) is 0 Å². The topological polar surface area (TPSA) is 13.1 Å². The summed E-state index contributed by atoms with van der Waals surface area (Å²) >= 11 is 0. The third kappa shape index (κ3) is 6.93. The van der Waals surface area contributed by atoms with Crippen molar-refractivity contribution < 1.29 is 4.42 Å². The van der Waals surface area contributed by atoms with Gasteiger partial charge in [-0.25, -0.2) is 0 Å². The molecule has 1 atom stereocenters. The highest BCUT2D eigenvalue weighted by Crippen LogP contribution is 2.58. The van der Waals surface area contributed by atoms with Crippen molar-refractivity contribution >= 4 is 21.9 Å². The van der Waals surface area contributed by atoms with E-state index >= 15 is 0 Å². The Balaban J connectivity index is 0.900. The van der Waals surface area contributed by atoms with Crippen molar-refractivity contribution in [1.82, 2.24) is 0 Å². The van der Waals surface area contributed by atoms with Crippen LogP contribution in [0.15, 0.2) is 277 Å². The molecule has 1 heteroatoms. The van der Waals surface area contributed by atoms with Gasteiger partial charge in [0.05, 0.1) is 5.41 Å². The van der Waals surface area contributed by atoms with Crippen LogP contribution in [0.4, 0.5) is 0 Å². The quantitative estimate of drug-likeness (QED) is 0.133. The summed E-state index contributed by atoms with van der Waals surface area (Å²) in [7, 11) is 0. The van der Waals surface area contributed by atoms with Gasteiger partial charge in [-0.15, -0.1) is 0 Å². The smallest absolute Gasteiger partial charge is 0.143 e. The number of rotatable bonds is 10. The highest BCUT2D eigenvalue weighted by molar-refractivity contribution is 6.14. The molecule has 1 aliphatic rings. The average molecular weight is 893 g/mol. The third-order valence-corrected chi connectivity index (χ3v) is 14.8. The van der Waals surface area contributed by atoms with Gasteiger partial charge in [-0.2, -0.15) is 0 Å².